The number of rotatable bonds is 34. The molecule has 0 bridgehead atoms. The van der Waals surface area contributed by atoms with Crippen LogP contribution >= 0.6 is 12.6 Å². The number of thiol groups is 1. The van der Waals surface area contributed by atoms with Gasteiger partial charge >= 0.3 is 24.1 Å². The molecular weight excluding hydrogens is 1190 g/mol. The molecule has 91 heavy (non-hydrogen) atoms. The number of imide groups is 1. The van der Waals surface area contributed by atoms with Crippen LogP contribution in [-0.4, -0.2) is 163 Å². The van der Waals surface area contributed by atoms with Crippen LogP contribution in [0.2, 0.25) is 0 Å². The minimum absolute atomic E-state index is 0.0607. The molecule has 0 radical (unpaired) electrons. The van der Waals surface area contributed by atoms with Gasteiger partial charge < -0.3 is 56.7 Å². The SMILES string of the molecule is C/C(=C\[C@H](C(C)C)N(C)C(=O)[C@@H](NC(=O)[C@@H](N(C)C(=O)OCc1ccc(NC(=O)[C@H](CCCNC(N)=O)CC(=O)C(NC(=O)CCCCCN2C(=O)CC(S)C2=O)C(C)C)cc1)C(C)(C)c1cn(C)c2ccccc12)C(C)(C)C)C(=O)N[C@H](CCC(=O)O)C(=O)O. The van der Waals surface area contributed by atoms with Gasteiger partial charge in [0.05, 0.1) is 17.3 Å². The molecule has 1 aliphatic heterocycles. The molecule has 10 amide bonds. The zero-order chi connectivity index (χ0) is 68.4. The highest BCUT2D eigenvalue weighted by Gasteiger charge is 2.47. The number of aromatic nitrogens is 1. The van der Waals surface area contributed by atoms with Crippen LogP contribution in [0.4, 0.5) is 15.3 Å². The zero-order valence-corrected chi connectivity index (χ0v) is 55.6. The quantitative estimate of drug-likeness (QED) is 0.0139. The number of nitrogens with two attached hydrogens (primary N) is 1. The summed E-state index contributed by atoms with van der Waals surface area (Å²) in [5.74, 6) is -8.01. The number of carboxylic acid groups (broad SMARTS) is 2. The Kier molecular flexibility index (Phi) is 27.8. The van der Waals surface area contributed by atoms with Crippen LogP contribution < -0.4 is 32.3 Å². The van der Waals surface area contributed by atoms with Gasteiger partial charge in [-0.15, -0.1) is 0 Å². The van der Waals surface area contributed by atoms with Crippen LogP contribution in [0, 0.1) is 23.2 Å². The summed E-state index contributed by atoms with van der Waals surface area (Å²) in [7, 11) is 4.82. The molecule has 1 aromatic heterocycles. The molecule has 3 aromatic rings. The van der Waals surface area contributed by atoms with Crippen LogP contribution in [0.15, 0.2) is 66.4 Å². The minimum atomic E-state index is -1.48. The first-order valence-corrected chi connectivity index (χ1v) is 31.2. The number of benzene rings is 2. The van der Waals surface area contributed by atoms with Crippen molar-refractivity contribution in [3.8, 4) is 0 Å². The predicted molar refractivity (Wildman–Crippen MR) is 345 cm³/mol. The van der Waals surface area contributed by atoms with E-state index < -0.39 is 106 Å². The number of amides is 10. The molecule has 26 heteroatoms. The van der Waals surface area contributed by atoms with Crippen molar-refractivity contribution in [1.82, 2.24) is 40.5 Å². The molecule has 500 valence electrons. The van der Waals surface area contributed by atoms with Crippen LogP contribution in [-0.2, 0) is 71.8 Å². The van der Waals surface area contributed by atoms with E-state index in [9.17, 15) is 57.8 Å². The van der Waals surface area contributed by atoms with E-state index in [4.69, 9.17) is 15.6 Å². The van der Waals surface area contributed by atoms with Crippen molar-refractivity contribution < 1.29 is 72.5 Å². The first-order valence-electron chi connectivity index (χ1n) is 30.7. The number of ether oxygens (including phenoxy) is 1. The van der Waals surface area contributed by atoms with Gasteiger partial charge in [-0.05, 0) is 85.6 Å². The number of nitrogens with one attached hydrogen (secondary N) is 5. The molecule has 1 saturated heterocycles. The highest BCUT2D eigenvalue weighted by molar-refractivity contribution is 7.81. The maximum atomic E-state index is 15.3. The fraction of sp³-hybridized carbons (Fsp3) is 0.569. The smallest absolute Gasteiger partial charge is 0.410 e. The third-order valence-electron chi connectivity index (χ3n) is 16.4. The lowest BCUT2D eigenvalue weighted by Crippen LogP contribution is -2.63. The Labute approximate surface area is 538 Å². The number of fused-ring (bicyclic) bond motifs is 1. The summed E-state index contributed by atoms with van der Waals surface area (Å²) in [6.07, 6.45) is 3.56. The monoisotopic (exact) mass is 1290 g/mol. The van der Waals surface area contributed by atoms with Gasteiger partial charge in [0, 0.05) is 99.6 Å². The summed E-state index contributed by atoms with van der Waals surface area (Å²) in [5.41, 5.74) is 5.64. The maximum absolute atomic E-state index is 15.3. The predicted octanol–water partition coefficient (Wildman–Crippen LogP) is 6.21. The molecule has 2 heterocycles. The number of carbonyl (C=O) groups is 12. The number of carboxylic acids is 2. The molecule has 0 aliphatic carbocycles. The number of para-hydroxylation sites is 1. The number of carbonyl (C=O) groups excluding carboxylic acids is 10. The molecule has 4 rings (SSSR count). The second kappa shape index (κ2) is 33.7. The fourth-order valence-electron chi connectivity index (χ4n) is 11.1. The van der Waals surface area contributed by atoms with E-state index in [2.05, 4.69) is 39.2 Å². The Hall–Kier alpha value is -8.29. The number of primary amides is 1. The average Bonchev–Trinajstić information content (AvgIpc) is 2.05. The largest absolute Gasteiger partial charge is 0.481 e. The molecule has 1 aliphatic rings. The van der Waals surface area contributed by atoms with E-state index in [-0.39, 0.29) is 92.7 Å². The Bertz CT molecular complexity index is 3170. The lowest BCUT2D eigenvalue weighted by atomic mass is 9.76. The minimum Gasteiger partial charge on any atom is -0.481 e. The van der Waals surface area contributed by atoms with Crippen LogP contribution in [0.5, 0.6) is 0 Å². The Balaban J connectivity index is 1.53. The topological polar surface area (TPSA) is 355 Å². The van der Waals surface area contributed by atoms with Gasteiger partial charge in [0.25, 0.3) is 0 Å². The third-order valence-corrected chi connectivity index (χ3v) is 16.8. The van der Waals surface area contributed by atoms with Gasteiger partial charge in [-0.3, -0.25) is 53.0 Å². The summed E-state index contributed by atoms with van der Waals surface area (Å²) in [4.78, 5) is 162. The number of hydrogen-bond acceptors (Lipinski definition) is 14. The number of aryl methyl sites for hydroxylation is 1. The second-order valence-corrected chi connectivity index (χ2v) is 26.4. The number of urea groups is 1. The standard InChI is InChI=1S/C65H94N10O15S/c1-37(2)47(32-39(5)56(81)69-45(61(86)87)28-29-52(79)80)73(12)60(85)54(64(6,7)8)71-58(83)55(65(9,10)44-35-72(11)46-22-17-16-21-43(44)46)74(13)63(89)90-36-40-24-26-42(27-25-40)68-57(82)41(20-19-30-67-62(66)88)33-48(76)53(38(3)4)70-50(77)23-15-14-18-31-75-51(78)34-49(91)59(75)84/h16-17,21-22,24-27,32,35,37-38,41,45,47,49,53-55,91H,14-15,18-20,23,28-31,33-34,36H2,1-13H3,(H,68,82)(H,69,81)(H,70,77)(H,71,83)(H,79,80)(H,86,87)(H3,66,67,88)/b39-32+/t41-,45-,47-,49?,53?,54-,55-/m1/s1. The molecule has 9 N–H and O–H groups in total. The molecular formula is C65H94N10O15S. The van der Waals surface area contributed by atoms with E-state index in [1.54, 1.807) is 58.9 Å². The lowest BCUT2D eigenvalue weighted by molar-refractivity contribution is -0.143. The first-order chi connectivity index (χ1) is 42.5. The fourth-order valence-corrected chi connectivity index (χ4v) is 11.4. The number of hydrogen-bond donors (Lipinski definition) is 9. The van der Waals surface area contributed by atoms with Gasteiger partial charge in [0.2, 0.25) is 41.4 Å². The van der Waals surface area contributed by atoms with E-state index in [1.165, 1.54) is 41.8 Å². The van der Waals surface area contributed by atoms with E-state index in [0.29, 0.717) is 42.5 Å². The second-order valence-electron chi connectivity index (χ2n) is 25.8. The van der Waals surface area contributed by atoms with Gasteiger partial charge in [-0.1, -0.05) is 105 Å². The number of Topliss-reactive ketones (excluding diaryl/α,β-unsaturated/α-hetero) is 1. The van der Waals surface area contributed by atoms with Crippen molar-refractivity contribution in [3.05, 3.63) is 77.5 Å². The molecule has 25 nitrogen and oxygen atoms in total. The highest BCUT2D eigenvalue weighted by atomic mass is 32.1. The number of ketones is 1. The van der Waals surface area contributed by atoms with E-state index in [0.717, 1.165) is 10.9 Å². The number of unbranched alkanes of at least 4 members (excludes halogenated alkanes) is 2. The summed E-state index contributed by atoms with van der Waals surface area (Å²) < 4.78 is 7.80. The summed E-state index contributed by atoms with van der Waals surface area (Å²) in [6.45, 7) is 17.7. The zero-order valence-electron chi connectivity index (χ0n) is 54.7. The highest BCUT2D eigenvalue weighted by Crippen LogP contribution is 2.37. The normalized spacial score (nSPS) is 15.7. The molecule has 2 unspecified atom stereocenters. The van der Waals surface area contributed by atoms with Gasteiger partial charge in [0.1, 0.15) is 24.7 Å². The number of aliphatic carboxylic acids is 2. The lowest BCUT2D eigenvalue weighted by Gasteiger charge is -2.42. The van der Waals surface area contributed by atoms with Crippen molar-refractivity contribution in [3.63, 3.8) is 0 Å². The third kappa shape index (κ3) is 21.4. The van der Waals surface area contributed by atoms with Crippen molar-refractivity contribution in [1.29, 1.82) is 0 Å². The molecule has 0 saturated carbocycles. The molecule has 2 aromatic carbocycles. The summed E-state index contributed by atoms with van der Waals surface area (Å²) in [6, 6.07) is 7.54. The Morgan fingerprint density at radius 2 is 1.46 bits per heavy atom. The van der Waals surface area contributed by atoms with Gasteiger partial charge in [0.15, 0.2) is 5.78 Å². The number of anilines is 1. The van der Waals surface area contributed by atoms with Crippen LogP contribution in [0.1, 0.15) is 145 Å². The van der Waals surface area contributed by atoms with E-state index in [1.807, 2.05) is 69.8 Å². The van der Waals surface area contributed by atoms with Crippen molar-refractivity contribution in [2.24, 2.45) is 36.0 Å². The first kappa shape index (κ1) is 75.2. The van der Waals surface area contributed by atoms with Crippen LogP contribution in [0.3, 0.4) is 0 Å². The Morgan fingerprint density at radius 1 is 0.813 bits per heavy atom. The molecule has 0 spiro atoms. The average molecular weight is 1290 g/mol. The summed E-state index contributed by atoms with van der Waals surface area (Å²) >= 11 is 4.15. The molecule has 7 atom stereocenters. The number of likely N-dealkylation sites (N-methyl/N-ethyl adjacent to an activating group) is 2. The van der Waals surface area contributed by atoms with Gasteiger partial charge in [-0.2, -0.15) is 12.6 Å². The van der Waals surface area contributed by atoms with Crippen molar-refractivity contribution >= 4 is 100 Å². The summed E-state index contributed by atoms with van der Waals surface area (Å²) in [5, 5.41) is 32.5. The van der Waals surface area contributed by atoms with Crippen molar-refractivity contribution in [2.75, 3.05) is 32.5 Å². The number of nitrogens with zero attached hydrogens (tertiary/aromatic N) is 4. The maximum Gasteiger partial charge on any atom is 0.410 e. The van der Waals surface area contributed by atoms with Gasteiger partial charge in [-0.25, -0.2) is 14.4 Å². The number of likely N-dealkylation sites (tertiary alicyclic amines) is 1. The molecule has 1 fully saturated rings. The van der Waals surface area contributed by atoms with E-state index >= 15 is 4.79 Å². The Morgan fingerprint density at radius 3 is 2.03 bits per heavy atom. The van der Waals surface area contributed by atoms with Crippen molar-refractivity contribution in [2.45, 2.75) is 181 Å². The van der Waals surface area contributed by atoms with Crippen LogP contribution in [0.25, 0.3) is 10.9 Å².